The monoisotopic (exact) mass is 857 g/mol. The van der Waals surface area contributed by atoms with Gasteiger partial charge in [0.15, 0.2) is 27.9 Å². The van der Waals surface area contributed by atoms with Gasteiger partial charge in [0.25, 0.3) is 5.91 Å². The number of aromatic hydroxyl groups is 1. The molecule has 0 radical (unpaired) electrons. The Balaban J connectivity index is 0.00000336. The molecule has 0 aliphatic heterocycles. The van der Waals surface area contributed by atoms with Gasteiger partial charge in [-0.3, -0.25) is 19.1 Å². The third kappa shape index (κ3) is 13.5. The Hall–Kier alpha value is -2.23. The SMILES string of the molecule is C.O=C(Nc1cccc(S(=O)(=O)CCOSOO[O-])c1)c1ccc(N=Nc2c(SOO[O-])cc3ccc(Nc4nc(Cl)nc(Cl)n4)cc3c2O)cc1.[Na+].[Na+]. The molecule has 0 aliphatic rings. The molecule has 0 saturated heterocycles. The number of halogens is 2. The summed E-state index contributed by atoms with van der Waals surface area (Å²) in [6.07, 6.45) is 0. The molecule has 5 aromatic rings. The van der Waals surface area contributed by atoms with E-state index in [-0.39, 0.29) is 140 Å². The van der Waals surface area contributed by atoms with E-state index in [0.717, 1.165) is 0 Å². The molecule has 4 aromatic carbocycles. The zero-order valence-electron chi connectivity index (χ0n) is 27.1. The predicted octanol–water partition coefficient (Wildman–Crippen LogP) is -0.0998. The molecule has 54 heavy (non-hydrogen) atoms. The largest absolute Gasteiger partial charge is 1.00 e. The first-order valence-corrected chi connectivity index (χ1v) is 17.6. The van der Waals surface area contributed by atoms with E-state index < -0.39 is 21.5 Å². The molecule has 1 heterocycles. The van der Waals surface area contributed by atoms with Gasteiger partial charge in [0, 0.05) is 22.3 Å². The maximum absolute atomic E-state index is 12.9. The molecule has 3 N–H and O–H groups in total. The third-order valence-electron chi connectivity index (χ3n) is 6.43. The van der Waals surface area contributed by atoms with E-state index >= 15 is 0 Å². The first-order valence-electron chi connectivity index (χ1n) is 13.7. The third-order valence-corrected chi connectivity index (χ3v) is 9.43. The number of benzene rings is 4. The smallest absolute Gasteiger partial charge is 0.691 e. The van der Waals surface area contributed by atoms with Crippen LogP contribution in [0.2, 0.25) is 10.6 Å². The van der Waals surface area contributed by atoms with E-state index in [1.165, 1.54) is 48.5 Å². The Kier molecular flexibility index (Phi) is 20.5. The molecule has 0 bridgehead atoms. The Morgan fingerprint density at radius 1 is 0.889 bits per heavy atom. The van der Waals surface area contributed by atoms with Crippen molar-refractivity contribution in [2.24, 2.45) is 10.2 Å². The molecule has 0 aliphatic carbocycles. The van der Waals surface area contributed by atoms with E-state index in [1.807, 2.05) is 0 Å². The number of sulfone groups is 1. The van der Waals surface area contributed by atoms with Gasteiger partial charge in [0.2, 0.25) is 16.5 Å². The zero-order valence-corrected chi connectivity index (χ0v) is 35.1. The average molecular weight is 859 g/mol. The van der Waals surface area contributed by atoms with Gasteiger partial charge in [-0.05, 0) is 89.3 Å². The fourth-order valence-corrected chi connectivity index (χ4v) is 6.53. The van der Waals surface area contributed by atoms with Crippen LogP contribution < -0.4 is 80.3 Å². The van der Waals surface area contributed by atoms with Gasteiger partial charge in [-0.2, -0.15) is 24.4 Å². The van der Waals surface area contributed by atoms with Crippen molar-refractivity contribution in [1.29, 1.82) is 0 Å². The van der Waals surface area contributed by atoms with E-state index in [1.54, 1.807) is 24.3 Å². The van der Waals surface area contributed by atoms with Crippen molar-refractivity contribution >= 4 is 103 Å². The zero-order chi connectivity index (χ0) is 36.4. The maximum Gasteiger partial charge on any atom is 1.00 e. The number of rotatable bonds is 16. The molecule has 274 valence electrons. The minimum absolute atomic E-state index is 0. The topological polar surface area (TPSA) is 251 Å². The standard InChI is InChI=1S/C28H21Cl2N7O11S3.CH4.2Na/c29-26-33-27(30)35-28(34-26)32-19-9-6-16-12-22(49-47-45-40)23(24(38)21(16)14-19)37-36-17-7-4-15(5-8-17)25(39)31-18-2-1-3-20(13-18)51(42,43)11-10-44-50-48-46-41;;;/h1-9,12-14,38,40-41H,10-11H2,(H,31,39)(H,32,33,34,35);1H4;;/q;;2*+1/p-2. The summed E-state index contributed by atoms with van der Waals surface area (Å²) in [7, 11) is -3.80. The number of anilines is 3. The second-order valence-electron chi connectivity index (χ2n) is 9.62. The van der Waals surface area contributed by atoms with Crippen molar-refractivity contribution in [3.05, 3.63) is 88.9 Å². The van der Waals surface area contributed by atoms with Crippen LogP contribution in [0.1, 0.15) is 17.8 Å². The van der Waals surface area contributed by atoms with Gasteiger partial charge in [-0.15, -0.1) is 9.45 Å². The number of phenols is 1. The molecule has 0 unspecified atom stereocenters. The van der Waals surface area contributed by atoms with Gasteiger partial charge in [0.1, 0.15) is 5.69 Å². The van der Waals surface area contributed by atoms with Crippen LogP contribution in [0.25, 0.3) is 10.8 Å². The van der Waals surface area contributed by atoms with Gasteiger partial charge >= 0.3 is 59.1 Å². The Labute approximate surface area is 370 Å². The summed E-state index contributed by atoms with van der Waals surface area (Å²) in [6.45, 7) is -0.299. The number of hydrogen-bond donors (Lipinski definition) is 3. The minimum Gasteiger partial charge on any atom is -0.691 e. The summed E-state index contributed by atoms with van der Waals surface area (Å²) in [6, 6.07) is 17.9. The Bertz CT molecular complexity index is 2160. The number of aromatic nitrogens is 3. The van der Waals surface area contributed by atoms with Crippen molar-refractivity contribution in [2.75, 3.05) is 23.0 Å². The number of phenolic OH excluding ortho intramolecular Hbond substituents is 1. The summed E-state index contributed by atoms with van der Waals surface area (Å²) in [5.74, 6) is -1.24. The number of hydrogen-bond acceptors (Lipinski definition) is 19. The number of fused-ring (bicyclic) bond motifs is 1. The molecule has 1 aromatic heterocycles. The van der Waals surface area contributed by atoms with Crippen molar-refractivity contribution in [1.82, 2.24) is 15.0 Å². The molecule has 5 rings (SSSR count). The number of nitrogens with zero attached hydrogens (tertiary/aromatic N) is 5. The summed E-state index contributed by atoms with van der Waals surface area (Å²) in [5, 5.41) is 52.6. The van der Waals surface area contributed by atoms with Gasteiger partial charge in [0.05, 0.1) is 39.9 Å². The van der Waals surface area contributed by atoms with Crippen LogP contribution in [-0.2, 0) is 32.8 Å². The number of carbonyl (C=O) groups is 1. The van der Waals surface area contributed by atoms with E-state index in [2.05, 4.69) is 54.6 Å². The quantitative estimate of drug-likeness (QED) is 0.0293. The molecule has 0 spiro atoms. The van der Waals surface area contributed by atoms with Crippen molar-refractivity contribution in [2.45, 2.75) is 17.2 Å². The summed E-state index contributed by atoms with van der Waals surface area (Å²) >= 11 is 12.4. The average Bonchev–Trinajstić information content (AvgIpc) is 3.10. The molecule has 0 fully saturated rings. The minimum atomic E-state index is -3.80. The molecule has 0 atom stereocenters. The fraction of sp³-hybridized carbons (Fsp3) is 0.103. The van der Waals surface area contributed by atoms with E-state index in [0.29, 0.717) is 28.5 Å². The second kappa shape index (κ2) is 23.1. The van der Waals surface area contributed by atoms with Crippen molar-refractivity contribution < 1.29 is 111 Å². The molecular weight excluding hydrogens is 835 g/mol. The Morgan fingerprint density at radius 2 is 1.59 bits per heavy atom. The van der Waals surface area contributed by atoms with Crippen LogP contribution in [0, 0.1) is 0 Å². The Morgan fingerprint density at radius 3 is 2.28 bits per heavy atom. The van der Waals surface area contributed by atoms with Crippen LogP contribution in [0.15, 0.2) is 92.8 Å². The van der Waals surface area contributed by atoms with Crippen LogP contribution in [0.3, 0.4) is 0 Å². The summed E-state index contributed by atoms with van der Waals surface area (Å²) < 4.78 is 38.4. The molecular formula is C29H23Cl2N7Na2O11S3. The fourth-order valence-electron chi connectivity index (χ4n) is 4.22. The van der Waals surface area contributed by atoms with Crippen LogP contribution in [0.5, 0.6) is 5.75 Å². The first-order chi connectivity index (χ1) is 24.6. The molecule has 18 nitrogen and oxygen atoms in total. The second-order valence-corrected chi connectivity index (χ2v) is 13.7. The molecule has 0 saturated carbocycles. The van der Waals surface area contributed by atoms with Gasteiger partial charge in [-0.25, -0.2) is 8.42 Å². The van der Waals surface area contributed by atoms with Crippen molar-refractivity contribution in [3.63, 3.8) is 0 Å². The van der Waals surface area contributed by atoms with Crippen LogP contribution in [-0.4, -0.2) is 46.7 Å². The molecule has 25 heteroatoms. The number of azo groups is 1. The van der Waals surface area contributed by atoms with Crippen molar-refractivity contribution in [3.8, 4) is 5.75 Å². The van der Waals surface area contributed by atoms with Gasteiger partial charge in [-0.1, -0.05) is 19.6 Å². The van der Waals surface area contributed by atoms with Crippen LogP contribution in [0.4, 0.5) is 28.7 Å². The molecule has 1 amide bonds. The van der Waals surface area contributed by atoms with Crippen LogP contribution >= 0.6 is 47.6 Å². The maximum atomic E-state index is 12.9. The normalized spacial score (nSPS) is 11.0. The first kappa shape index (κ1) is 47.9. The van der Waals surface area contributed by atoms with E-state index in [4.69, 9.17) is 27.4 Å². The van der Waals surface area contributed by atoms with Gasteiger partial charge < -0.3 is 26.3 Å². The predicted molar refractivity (Wildman–Crippen MR) is 186 cm³/mol. The number of amides is 1. The summed E-state index contributed by atoms with van der Waals surface area (Å²) in [5.41, 5.74) is 1.08. The number of nitrogens with one attached hydrogen (secondary N) is 2. The van der Waals surface area contributed by atoms with E-state index in [9.17, 15) is 28.8 Å². The summed E-state index contributed by atoms with van der Waals surface area (Å²) in [4.78, 5) is 24.6. The number of carbonyl (C=O) groups excluding carboxylic acids is 1.